The van der Waals surface area contributed by atoms with Gasteiger partial charge in [-0.1, -0.05) is 130 Å². The predicted octanol–water partition coefficient (Wildman–Crippen LogP) is 13.6. The van der Waals surface area contributed by atoms with Gasteiger partial charge in [-0.05, 0) is 123 Å². The Bertz CT molecular complexity index is 961. The molecule has 8 unspecified atom stereocenters. The van der Waals surface area contributed by atoms with E-state index in [-0.39, 0.29) is 12.1 Å². The van der Waals surface area contributed by atoms with Crippen LogP contribution in [0.5, 0.6) is 0 Å². The van der Waals surface area contributed by atoms with E-state index in [0.29, 0.717) is 17.3 Å². The van der Waals surface area contributed by atoms with Crippen LogP contribution < -0.4 is 0 Å². The molecule has 0 aromatic heterocycles. The second kappa shape index (κ2) is 18.6. The number of carbonyl (C=O) groups is 1. The first kappa shape index (κ1) is 37.8. The van der Waals surface area contributed by atoms with Crippen LogP contribution in [-0.4, -0.2) is 12.1 Å². The molecule has 46 heavy (non-hydrogen) atoms. The van der Waals surface area contributed by atoms with Gasteiger partial charge in [0.15, 0.2) is 0 Å². The molecule has 0 N–H and O–H groups in total. The van der Waals surface area contributed by atoms with E-state index in [2.05, 4.69) is 59.8 Å². The Hall–Kier alpha value is -1.05. The molecule has 0 heterocycles. The van der Waals surface area contributed by atoms with Gasteiger partial charge in [-0.15, -0.1) is 0 Å². The highest BCUT2D eigenvalue weighted by atomic mass is 16.5. The minimum absolute atomic E-state index is 0.0534. The van der Waals surface area contributed by atoms with Crippen molar-refractivity contribution >= 4 is 5.97 Å². The zero-order valence-corrected chi connectivity index (χ0v) is 31.6. The average Bonchev–Trinajstić information content (AvgIpc) is 3.38. The van der Waals surface area contributed by atoms with Crippen LogP contribution >= 0.6 is 0 Å². The highest BCUT2D eigenvalue weighted by Crippen LogP contribution is 2.67. The van der Waals surface area contributed by atoms with Crippen molar-refractivity contribution in [2.24, 2.45) is 46.3 Å². The van der Waals surface area contributed by atoms with Crippen LogP contribution in [-0.2, 0) is 9.53 Å². The zero-order valence-electron chi connectivity index (χ0n) is 31.6. The van der Waals surface area contributed by atoms with Crippen molar-refractivity contribution in [3.8, 4) is 0 Å². The van der Waals surface area contributed by atoms with Crippen molar-refractivity contribution in [2.75, 3.05) is 0 Å². The van der Waals surface area contributed by atoms with Gasteiger partial charge in [-0.2, -0.15) is 0 Å². The molecule has 0 saturated heterocycles. The van der Waals surface area contributed by atoms with Crippen LogP contribution in [0.15, 0.2) is 23.8 Å². The lowest BCUT2D eigenvalue weighted by Crippen LogP contribution is -2.51. The number of fused-ring (bicyclic) bond motifs is 5. The van der Waals surface area contributed by atoms with Crippen LogP contribution in [0, 0.1) is 46.3 Å². The summed E-state index contributed by atoms with van der Waals surface area (Å²) in [6, 6.07) is 0. The summed E-state index contributed by atoms with van der Waals surface area (Å²) in [6.07, 6.45) is 38.0. The molecule has 4 aliphatic rings. The third kappa shape index (κ3) is 10.00. The smallest absolute Gasteiger partial charge is 0.306 e. The van der Waals surface area contributed by atoms with Gasteiger partial charge >= 0.3 is 5.97 Å². The summed E-state index contributed by atoms with van der Waals surface area (Å²) in [5.41, 5.74) is 2.53. The van der Waals surface area contributed by atoms with Gasteiger partial charge in [0, 0.05) is 12.8 Å². The highest BCUT2D eigenvalue weighted by molar-refractivity contribution is 5.69. The Kier molecular flexibility index (Phi) is 15.3. The van der Waals surface area contributed by atoms with Crippen molar-refractivity contribution in [2.45, 2.75) is 202 Å². The number of allylic oxidation sites excluding steroid dienone is 3. The Morgan fingerprint density at radius 3 is 2.24 bits per heavy atom. The largest absolute Gasteiger partial charge is 0.462 e. The average molecular weight is 637 g/mol. The molecular formula is C44H76O2. The molecule has 0 radical (unpaired) electrons. The van der Waals surface area contributed by atoms with E-state index in [9.17, 15) is 4.79 Å². The van der Waals surface area contributed by atoms with Crippen molar-refractivity contribution < 1.29 is 9.53 Å². The minimum Gasteiger partial charge on any atom is -0.462 e. The van der Waals surface area contributed by atoms with E-state index in [4.69, 9.17) is 4.74 Å². The van der Waals surface area contributed by atoms with Gasteiger partial charge in [0.2, 0.25) is 0 Å². The van der Waals surface area contributed by atoms with Crippen LogP contribution in [0.3, 0.4) is 0 Å². The van der Waals surface area contributed by atoms with Crippen LogP contribution in [0.4, 0.5) is 0 Å². The lowest BCUT2D eigenvalue weighted by atomic mass is 9.47. The number of ether oxygens (including phenoxy) is 1. The summed E-state index contributed by atoms with van der Waals surface area (Å²) >= 11 is 0. The molecule has 0 bridgehead atoms. The van der Waals surface area contributed by atoms with Crippen LogP contribution in [0.25, 0.3) is 0 Å². The van der Waals surface area contributed by atoms with E-state index in [1.54, 1.807) is 5.57 Å². The number of rotatable bonds is 20. The van der Waals surface area contributed by atoms with Gasteiger partial charge in [-0.3, -0.25) is 4.79 Å². The molecule has 0 spiro atoms. The number of carbonyl (C=O) groups excluding carboxylic acids is 1. The van der Waals surface area contributed by atoms with E-state index in [1.165, 1.54) is 122 Å². The molecule has 2 heteroatoms. The van der Waals surface area contributed by atoms with Crippen LogP contribution in [0.2, 0.25) is 0 Å². The maximum atomic E-state index is 12.8. The molecule has 4 aliphatic carbocycles. The lowest BCUT2D eigenvalue weighted by Gasteiger charge is -2.58. The van der Waals surface area contributed by atoms with Crippen molar-refractivity contribution in [3.05, 3.63) is 23.8 Å². The summed E-state index contributed by atoms with van der Waals surface area (Å²) < 4.78 is 6.12. The fraction of sp³-hybridized carbons (Fsp3) is 0.886. The Labute approximate surface area is 286 Å². The molecular weight excluding hydrogens is 560 g/mol. The molecule has 8 atom stereocenters. The van der Waals surface area contributed by atoms with Crippen LogP contribution in [0.1, 0.15) is 196 Å². The molecule has 4 rings (SSSR count). The molecule has 0 aromatic rings. The van der Waals surface area contributed by atoms with E-state index < -0.39 is 0 Å². The third-order valence-corrected chi connectivity index (χ3v) is 14.0. The third-order valence-electron chi connectivity index (χ3n) is 14.0. The zero-order chi connectivity index (χ0) is 33.0. The fourth-order valence-electron chi connectivity index (χ4n) is 11.2. The van der Waals surface area contributed by atoms with Crippen molar-refractivity contribution in [3.63, 3.8) is 0 Å². The van der Waals surface area contributed by atoms with Gasteiger partial charge in [0.1, 0.15) is 6.10 Å². The fourth-order valence-corrected chi connectivity index (χ4v) is 11.2. The first-order valence-electron chi connectivity index (χ1n) is 20.7. The molecule has 3 fully saturated rings. The van der Waals surface area contributed by atoms with Crippen molar-refractivity contribution in [1.29, 1.82) is 0 Å². The topological polar surface area (TPSA) is 26.3 Å². The minimum atomic E-state index is 0.0534. The maximum absolute atomic E-state index is 12.8. The molecule has 2 nitrogen and oxygen atoms in total. The van der Waals surface area contributed by atoms with E-state index in [0.717, 1.165) is 61.2 Å². The highest BCUT2D eigenvalue weighted by Gasteiger charge is 2.59. The number of esters is 1. The second-order valence-electron chi connectivity index (χ2n) is 17.6. The Morgan fingerprint density at radius 1 is 0.826 bits per heavy atom. The second-order valence-corrected chi connectivity index (χ2v) is 17.6. The SMILES string of the molecule is CCCCCCC/C=C\CCCCCCCC(=O)OC1CCC2(C)C(=CCC3C2CCC2(C)C(C(C)CCCC(C)C)CCC32)C1. The maximum Gasteiger partial charge on any atom is 0.306 e. The van der Waals surface area contributed by atoms with Gasteiger partial charge in [-0.25, -0.2) is 0 Å². The number of hydrogen-bond donors (Lipinski definition) is 0. The lowest BCUT2D eigenvalue weighted by molar-refractivity contribution is -0.151. The summed E-state index contributed by atoms with van der Waals surface area (Å²) in [7, 11) is 0. The molecule has 0 aromatic carbocycles. The Balaban J connectivity index is 1.14. The monoisotopic (exact) mass is 637 g/mol. The van der Waals surface area contributed by atoms with Gasteiger partial charge in [0.25, 0.3) is 0 Å². The standard InChI is InChI=1S/C44H76O2/c1-7-8-9-10-11-12-13-14-15-16-17-18-19-20-24-42(45)46-37-29-31-43(5)36(33-37)25-26-38-40-28-27-39(35(4)23-21-22-34(2)3)44(40,6)32-30-41(38)43/h13-14,25,34-35,37-41H,7-12,15-24,26-33H2,1-6H3/b14-13-. The van der Waals surface area contributed by atoms with E-state index in [1.807, 2.05) is 0 Å². The normalized spacial score (nSPS) is 33.0. The molecule has 264 valence electrons. The summed E-state index contributed by atoms with van der Waals surface area (Å²) in [4.78, 5) is 12.8. The summed E-state index contributed by atoms with van der Waals surface area (Å²) in [5, 5.41) is 0. The summed E-state index contributed by atoms with van der Waals surface area (Å²) in [6.45, 7) is 14.9. The molecule has 0 amide bonds. The first-order chi connectivity index (χ1) is 22.2. The quantitative estimate of drug-likeness (QED) is 0.0755. The van der Waals surface area contributed by atoms with E-state index >= 15 is 0 Å². The molecule has 3 saturated carbocycles. The van der Waals surface area contributed by atoms with Gasteiger partial charge in [0.05, 0.1) is 0 Å². The number of unbranched alkanes of at least 4 members (excludes halogenated alkanes) is 10. The number of hydrogen-bond acceptors (Lipinski definition) is 2. The predicted molar refractivity (Wildman–Crippen MR) is 198 cm³/mol. The molecule has 0 aliphatic heterocycles. The van der Waals surface area contributed by atoms with Gasteiger partial charge < -0.3 is 4.74 Å². The Morgan fingerprint density at radius 2 is 1.52 bits per heavy atom. The first-order valence-corrected chi connectivity index (χ1v) is 20.7. The summed E-state index contributed by atoms with van der Waals surface area (Å²) in [5.74, 6) is 5.31. The van der Waals surface area contributed by atoms with Crippen molar-refractivity contribution in [1.82, 2.24) is 0 Å².